The molecule has 0 spiro atoms. The summed E-state index contributed by atoms with van der Waals surface area (Å²) in [6, 6.07) is 2.91. The summed E-state index contributed by atoms with van der Waals surface area (Å²) in [5.41, 5.74) is -0.675. The van der Waals surface area contributed by atoms with E-state index in [0.29, 0.717) is 19.0 Å². The lowest BCUT2D eigenvalue weighted by atomic mass is 9.82. The van der Waals surface area contributed by atoms with Gasteiger partial charge in [-0.2, -0.15) is 0 Å². The zero-order valence-electron chi connectivity index (χ0n) is 36.3. The summed E-state index contributed by atoms with van der Waals surface area (Å²) < 4.78 is 40.1. The largest absolute Gasteiger partial charge is 0.451 e. The molecule has 1 saturated carbocycles. The molecular formula is C44H70F2N4O6. The van der Waals surface area contributed by atoms with Crippen molar-refractivity contribution in [3.63, 3.8) is 0 Å². The molecule has 2 aliphatic heterocycles. The molecule has 10 nitrogen and oxygen atoms in total. The molecule has 3 unspecified atom stereocenters. The highest BCUT2D eigenvalue weighted by molar-refractivity contribution is 5.99. The average Bonchev–Trinajstić information content (AvgIpc) is 3.27. The molecule has 1 N–H and O–H groups in total. The molecule has 1 aromatic heterocycles. The van der Waals surface area contributed by atoms with Crippen molar-refractivity contribution >= 4 is 23.5 Å². The van der Waals surface area contributed by atoms with E-state index in [-0.39, 0.29) is 47.5 Å². The van der Waals surface area contributed by atoms with Crippen molar-refractivity contribution in [3.8, 4) is 5.75 Å². The summed E-state index contributed by atoms with van der Waals surface area (Å²) >= 11 is 0. The molecule has 3 atom stereocenters. The molecule has 1 aliphatic carbocycles. The van der Waals surface area contributed by atoms with Crippen LogP contribution in [-0.2, 0) is 21.6 Å². The molecule has 2 amide bonds. The van der Waals surface area contributed by atoms with Crippen LogP contribution in [0.3, 0.4) is 0 Å². The fraction of sp³-hybridized carbons (Fsp3) is 0.659. The molecule has 1 saturated heterocycles. The van der Waals surface area contributed by atoms with E-state index in [1.807, 2.05) is 55.4 Å². The molecule has 3 aliphatic rings. The van der Waals surface area contributed by atoms with E-state index in [2.05, 4.69) is 31.1 Å². The Kier molecular flexibility index (Phi) is 22.5. The van der Waals surface area contributed by atoms with E-state index in [1.54, 1.807) is 16.5 Å². The number of nitrogens with one attached hydrogen (secondary N) is 1. The van der Waals surface area contributed by atoms with Gasteiger partial charge in [0.05, 0.1) is 5.54 Å². The van der Waals surface area contributed by atoms with Crippen molar-refractivity contribution in [2.24, 2.45) is 16.8 Å². The Morgan fingerprint density at radius 3 is 2.14 bits per heavy atom. The molecule has 2 aromatic rings. The van der Waals surface area contributed by atoms with Crippen LogP contribution in [0.15, 0.2) is 34.2 Å². The smallest absolute Gasteiger partial charge is 0.308 e. The van der Waals surface area contributed by atoms with Crippen LogP contribution in [0.2, 0.25) is 0 Å². The number of ether oxygens (including phenoxy) is 2. The van der Waals surface area contributed by atoms with Gasteiger partial charge >= 0.3 is 5.97 Å². The number of benzene rings is 1. The summed E-state index contributed by atoms with van der Waals surface area (Å²) in [6.45, 7) is 21.8. The summed E-state index contributed by atoms with van der Waals surface area (Å²) in [7, 11) is 1.79. The average molecular weight is 789 g/mol. The van der Waals surface area contributed by atoms with Crippen LogP contribution >= 0.6 is 0 Å². The highest BCUT2D eigenvalue weighted by Crippen LogP contribution is 2.41. The van der Waals surface area contributed by atoms with Gasteiger partial charge in [-0.05, 0) is 64.9 Å². The number of hydrogen-bond acceptors (Lipinski definition) is 7. The minimum atomic E-state index is -0.852. The number of amides is 2. The number of pyridine rings is 1. The minimum Gasteiger partial charge on any atom is -0.451 e. The Balaban J connectivity index is 0.000000960. The predicted molar refractivity (Wildman–Crippen MR) is 222 cm³/mol. The number of carbonyl (C=O) groups excluding carboxylic acids is 3. The molecule has 316 valence electrons. The van der Waals surface area contributed by atoms with Crippen LogP contribution in [0.25, 0.3) is 0 Å². The third-order valence-electron chi connectivity index (χ3n) is 10.5. The summed E-state index contributed by atoms with van der Waals surface area (Å²) in [6.07, 6.45) is 11.2. The number of rotatable bonds is 11. The second kappa shape index (κ2) is 25.2. The van der Waals surface area contributed by atoms with Gasteiger partial charge in [-0.25, -0.2) is 8.78 Å². The Hall–Kier alpha value is -4.09. The molecule has 1 aromatic carbocycles. The van der Waals surface area contributed by atoms with E-state index < -0.39 is 47.2 Å². The van der Waals surface area contributed by atoms with Crippen molar-refractivity contribution < 1.29 is 32.6 Å². The third kappa shape index (κ3) is 14.1. The maximum Gasteiger partial charge on any atom is 0.308 e. The van der Waals surface area contributed by atoms with Gasteiger partial charge in [0.25, 0.3) is 11.8 Å². The van der Waals surface area contributed by atoms with E-state index in [4.69, 9.17) is 9.47 Å². The molecule has 3 heterocycles. The van der Waals surface area contributed by atoms with E-state index in [9.17, 15) is 28.0 Å². The van der Waals surface area contributed by atoms with Gasteiger partial charge in [0.2, 0.25) is 18.0 Å². The highest BCUT2D eigenvalue weighted by atomic mass is 19.1. The number of aromatic nitrogens is 1. The van der Waals surface area contributed by atoms with Crippen molar-refractivity contribution in [2.45, 2.75) is 158 Å². The van der Waals surface area contributed by atoms with Crippen LogP contribution in [0, 0.1) is 23.5 Å². The van der Waals surface area contributed by atoms with Crippen molar-refractivity contribution in [1.29, 1.82) is 0 Å². The number of halogens is 2. The SMILES string of the molecule is CC.CC.CC1CCC1.CCCCCCC(=O)OCOc1c2n(cc(C(=O)NCc3ccc(F)cc3F)c1=O)C1(C)CN(C2=O)C(C)CCC1C.CN=C(C)C. The zero-order valence-corrected chi connectivity index (χ0v) is 36.3. The molecular weight excluding hydrogens is 719 g/mol. The molecule has 5 rings (SSSR count). The number of esters is 1. The zero-order chi connectivity index (χ0) is 42.6. The maximum atomic E-state index is 14.2. The first kappa shape index (κ1) is 49.9. The van der Waals surface area contributed by atoms with Crippen LogP contribution in [-0.4, -0.2) is 59.4 Å². The van der Waals surface area contributed by atoms with Gasteiger partial charge in [-0.3, -0.25) is 24.2 Å². The first-order chi connectivity index (χ1) is 26.6. The fourth-order valence-corrected chi connectivity index (χ4v) is 6.30. The van der Waals surface area contributed by atoms with Crippen molar-refractivity contribution in [1.82, 2.24) is 14.8 Å². The normalized spacial score (nSPS) is 19.2. The van der Waals surface area contributed by atoms with Crippen molar-refractivity contribution in [2.75, 3.05) is 20.4 Å². The first-order valence-corrected chi connectivity index (χ1v) is 20.7. The maximum absolute atomic E-state index is 14.2. The van der Waals surface area contributed by atoms with E-state index in [1.165, 1.54) is 31.5 Å². The number of fused-ring (bicyclic) bond motifs is 4. The number of hydrogen-bond donors (Lipinski definition) is 1. The summed E-state index contributed by atoms with van der Waals surface area (Å²) in [5, 5.41) is 2.52. The van der Waals surface area contributed by atoms with Gasteiger partial charge in [0, 0.05) is 56.1 Å². The minimum absolute atomic E-state index is 0.00512. The van der Waals surface area contributed by atoms with E-state index >= 15 is 0 Å². The Morgan fingerprint density at radius 1 is 0.982 bits per heavy atom. The first-order valence-electron chi connectivity index (χ1n) is 20.7. The fourth-order valence-electron chi connectivity index (χ4n) is 6.30. The Labute approximate surface area is 334 Å². The topological polar surface area (TPSA) is 119 Å². The Bertz CT molecular complexity index is 1640. The van der Waals surface area contributed by atoms with Gasteiger partial charge in [0.1, 0.15) is 17.2 Å². The molecule has 0 radical (unpaired) electrons. The second-order valence-electron chi connectivity index (χ2n) is 14.8. The van der Waals surface area contributed by atoms with Gasteiger partial charge in [-0.1, -0.05) is 93.1 Å². The third-order valence-corrected chi connectivity index (χ3v) is 10.5. The monoisotopic (exact) mass is 789 g/mol. The lowest BCUT2D eigenvalue weighted by Gasteiger charge is -2.46. The van der Waals surface area contributed by atoms with Gasteiger partial charge in [-0.15, -0.1) is 0 Å². The molecule has 12 heteroatoms. The number of unbranched alkanes of at least 4 members (excludes halogenated alkanes) is 3. The second-order valence-corrected chi connectivity index (χ2v) is 14.8. The van der Waals surface area contributed by atoms with Gasteiger partial charge in [0.15, 0.2) is 5.69 Å². The predicted octanol–water partition coefficient (Wildman–Crippen LogP) is 9.85. The van der Waals surface area contributed by atoms with Crippen LogP contribution in [0.5, 0.6) is 5.75 Å². The number of aliphatic imine (C=N–C) groups is 1. The quantitative estimate of drug-likeness (QED) is 0.105. The molecule has 2 bridgehead atoms. The van der Waals surface area contributed by atoms with Crippen LogP contribution in [0.4, 0.5) is 8.78 Å². The van der Waals surface area contributed by atoms with E-state index in [0.717, 1.165) is 49.8 Å². The molecule has 56 heavy (non-hydrogen) atoms. The number of nitrogens with zero attached hydrogens (tertiary/aromatic N) is 3. The standard InChI is InChI=1S/C31H39F2N3O6.C5H10.C4H9N.2C2H6/c1-5-6-7-8-9-25(37)41-18-42-28-26-30(40)35-17-31(4,19(2)10-11-20(35)3)36(26)16-23(27(28)38)29(39)34-15-21-12-13-22(32)14-24(21)33;1-5-3-2-4-5;1-4(2)5-3;2*1-2/h12-14,16,19-20H,5-11,15,17-18H2,1-4H3,(H,34,39);5H,2-4H2,1H3;1-3H3;2*1-2H3. The Morgan fingerprint density at radius 2 is 1.61 bits per heavy atom. The number of carbonyl (C=O) groups is 3. The van der Waals surface area contributed by atoms with Crippen LogP contribution in [0.1, 0.15) is 167 Å². The van der Waals surface area contributed by atoms with Gasteiger partial charge < -0.3 is 24.3 Å². The molecule has 2 fully saturated rings. The lowest BCUT2D eigenvalue weighted by molar-refractivity contribution is -0.150. The highest BCUT2D eigenvalue weighted by Gasteiger charge is 2.48. The summed E-state index contributed by atoms with van der Waals surface area (Å²) in [5.74, 6) is -2.55. The summed E-state index contributed by atoms with van der Waals surface area (Å²) in [4.78, 5) is 58.6. The lowest BCUT2D eigenvalue weighted by Crippen LogP contribution is -2.56. The van der Waals surface area contributed by atoms with Crippen LogP contribution < -0.4 is 15.5 Å². The van der Waals surface area contributed by atoms with Crippen molar-refractivity contribution in [3.05, 3.63) is 63.1 Å².